The van der Waals surface area contributed by atoms with Gasteiger partial charge in [-0.15, -0.1) is 0 Å². The van der Waals surface area contributed by atoms with Gasteiger partial charge in [0.2, 0.25) is 0 Å². The van der Waals surface area contributed by atoms with Gasteiger partial charge in [0.1, 0.15) is 6.04 Å². The van der Waals surface area contributed by atoms with Crippen molar-refractivity contribution in [1.82, 2.24) is 5.32 Å². The van der Waals surface area contributed by atoms with Crippen LogP contribution in [0.5, 0.6) is 0 Å². The smallest absolute Gasteiger partial charge is 0.328 e. The maximum absolute atomic E-state index is 11.6. The summed E-state index contributed by atoms with van der Waals surface area (Å²) in [5, 5.41) is 2.53. The zero-order chi connectivity index (χ0) is 14.1. The van der Waals surface area contributed by atoms with Crippen LogP contribution >= 0.6 is 0 Å². The minimum absolute atomic E-state index is 0.183. The number of esters is 1. The normalized spacial score (nSPS) is 11.9. The van der Waals surface area contributed by atoms with Crippen LogP contribution in [0.2, 0.25) is 0 Å². The Morgan fingerprint density at radius 1 is 1.37 bits per heavy atom. The molecule has 1 atom stereocenters. The van der Waals surface area contributed by atoms with Crippen LogP contribution in [-0.4, -0.2) is 24.5 Å². The fraction of sp³-hybridized carbons (Fsp3) is 0.571. The Hall–Kier alpha value is -1.78. The third-order valence-electron chi connectivity index (χ3n) is 2.69. The molecule has 0 saturated carbocycles. The molecule has 1 amide bonds. The van der Waals surface area contributed by atoms with Gasteiger partial charge in [-0.25, -0.2) is 4.79 Å². The molecule has 0 aromatic carbocycles. The van der Waals surface area contributed by atoms with Crippen molar-refractivity contribution in [3.05, 3.63) is 24.2 Å². The summed E-state index contributed by atoms with van der Waals surface area (Å²) in [6.45, 7) is 4.12. The summed E-state index contributed by atoms with van der Waals surface area (Å²) in [6, 6.07) is 2.48. The molecule has 0 spiro atoms. The minimum Gasteiger partial charge on any atom is -0.464 e. The fourth-order valence-electron chi connectivity index (χ4n) is 1.56. The third-order valence-corrected chi connectivity index (χ3v) is 2.69. The molecular formula is C14H21NO4. The highest BCUT2D eigenvalue weighted by Crippen LogP contribution is 2.02. The first-order valence-corrected chi connectivity index (χ1v) is 6.66. The molecule has 1 unspecified atom stereocenters. The Morgan fingerprint density at radius 3 is 2.79 bits per heavy atom. The molecule has 1 aromatic rings. The highest BCUT2D eigenvalue weighted by atomic mass is 16.5. The second-order valence-corrected chi connectivity index (χ2v) is 4.40. The van der Waals surface area contributed by atoms with Crippen molar-refractivity contribution >= 4 is 11.9 Å². The first-order chi connectivity index (χ1) is 9.15. The van der Waals surface area contributed by atoms with Gasteiger partial charge in [0.25, 0.3) is 5.91 Å². The molecule has 19 heavy (non-hydrogen) atoms. The molecule has 0 fully saturated rings. The van der Waals surface area contributed by atoms with Crippen molar-refractivity contribution in [2.45, 2.75) is 45.6 Å². The SMILES string of the molecule is CCCCCCOC(=O)C(C)NC(=O)c1ccco1. The quantitative estimate of drug-likeness (QED) is 0.580. The first kappa shape index (κ1) is 15.3. The lowest BCUT2D eigenvalue weighted by Crippen LogP contribution is -2.39. The maximum Gasteiger partial charge on any atom is 0.328 e. The van der Waals surface area contributed by atoms with Crippen molar-refractivity contribution in [1.29, 1.82) is 0 Å². The van der Waals surface area contributed by atoms with Crippen LogP contribution in [0.4, 0.5) is 0 Å². The first-order valence-electron chi connectivity index (χ1n) is 6.66. The Bertz CT molecular complexity index is 386. The van der Waals surface area contributed by atoms with E-state index in [1.165, 1.54) is 12.3 Å². The number of hydrogen-bond donors (Lipinski definition) is 1. The van der Waals surface area contributed by atoms with Gasteiger partial charge in [-0.2, -0.15) is 0 Å². The van der Waals surface area contributed by atoms with Gasteiger partial charge in [-0.3, -0.25) is 4.79 Å². The summed E-state index contributed by atoms with van der Waals surface area (Å²) in [7, 11) is 0. The Kier molecular flexibility index (Phi) is 6.71. The predicted molar refractivity (Wildman–Crippen MR) is 70.7 cm³/mol. The van der Waals surface area contributed by atoms with Crippen LogP contribution in [0, 0.1) is 0 Å². The van der Waals surface area contributed by atoms with E-state index in [1.807, 2.05) is 0 Å². The van der Waals surface area contributed by atoms with E-state index >= 15 is 0 Å². The molecular weight excluding hydrogens is 246 g/mol. The van der Waals surface area contributed by atoms with Crippen molar-refractivity contribution in [3.8, 4) is 0 Å². The molecule has 0 bridgehead atoms. The van der Waals surface area contributed by atoms with E-state index in [0.717, 1.165) is 25.7 Å². The molecule has 5 heteroatoms. The van der Waals surface area contributed by atoms with Crippen LogP contribution in [0.25, 0.3) is 0 Å². The van der Waals surface area contributed by atoms with Crippen molar-refractivity contribution in [2.24, 2.45) is 0 Å². The van der Waals surface area contributed by atoms with Crippen molar-refractivity contribution < 1.29 is 18.7 Å². The van der Waals surface area contributed by atoms with Gasteiger partial charge in [-0.1, -0.05) is 26.2 Å². The molecule has 1 rings (SSSR count). The Morgan fingerprint density at radius 2 is 2.16 bits per heavy atom. The lowest BCUT2D eigenvalue weighted by molar-refractivity contribution is -0.145. The Labute approximate surface area is 113 Å². The fourth-order valence-corrected chi connectivity index (χ4v) is 1.56. The summed E-state index contributed by atoms with van der Waals surface area (Å²) in [6.07, 6.45) is 5.60. The topological polar surface area (TPSA) is 68.5 Å². The van der Waals surface area contributed by atoms with Crippen LogP contribution < -0.4 is 5.32 Å². The lowest BCUT2D eigenvalue weighted by atomic mass is 10.2. The number of carbonyl (C=O) groups excluding carboxylic acids is 2. The molecule has 0 saturated heterocycles. The van der Waals surface area contributed by atoms with E-state index < -0.39 is 17.9 Å². The van der Waals surface area contributed by atoms with Crippen LogP contribution in [0.15, 0.2) is 22.8 Å². The number of ether oxygens (including phenoxy) is 1. The molecule has 1 aromatic heterocycles. The lowest BCUT2D eigenvalue weighted by Gasteiger charge is -2.12. The van der Waals surface area contributed by atoms with Gasteiger partial charge in [0, 0.05) is 0 Å². The van der Waals surface area contributed by atoms with Gasteiger partial charge < -0.3 is 14.5 Å². The van der Waals surface area contributed by atoms with Gasteiger partial charge in [0.05, 0.1) is 12.9 Å². The van der Waals surface area contributed by atoms with Gasteiger partial charge in [-0.05, 0) is 25.5 Å². The average molecular weight is 267 g/mol. The van der Waals surface area contributed by atoms with E-state index in [2.05, 4.69) is 12.2 Å². The van der Waals surface area contributed by atoms with Crippen LogP contribution in [0.1, 0.15) is 50.1 Å². The second kappa shape index (κ2) is 8.34. The number of carbonyl (C=O) groups is 2. The molecule has 0 aliphatic heterocycles. The minimum atomic E-state index is -0.677. The second-order valence-electron chi connectivity index (χ2n) is 4.40. The summed E-state index contributed by atoms with van der Waals surface area (Å²) in [4.78, 5) is 23.2. The number of nitrogens with one attached hydrogen (secondary N) is 1. The molecule has 1 N–H and O–H groups in total. The van der Waals surface area contributed by atoms with E-state index in [-0.39, 0.29) is 5.76 Å². The zero-order valence-corrected chi connectivity index (χ0v) is 11.5. The summed E-state index contributed by atoms with van der Waals surface area (Å²) < 4.78 is 10.0. The van der Waals surface area contributed by atoms with E-state index in [9.17, 15) is 9.59 Å². The van der Waals surface area contributed by atoms with Crippen molar-refractivity contribution in [3.63, 3.8) is 0 Å². The summed E-state index contributed by atoms with van der Waals surface area (Å²) in [5.74, 6) is -0.653. The highest BCUT2D eigenvalue weighted by molar-refractivity contribution is 5.94. The predicted octanol–water partition coefficient (Wildman–Crippen LogP) is 2.52. The standard InChI is InChI=1S/C14H21NO4/c1-3-4-5-6-9-19-14(17)11(2)15-13(16)12-8-7-10-18-12/h7-8,10-11H,3-6,9H2,1-2H3,(H,15,16). The Balaban J connectivity index is 2.23. The zero-order valence-electron chi connectivity index (χ0n) is 11.5. The van der Waals surface area contributed by atoms with Gasteiger partial charge in [0.15, 0.2) is 5.76 Å². The monoisotopic (exact) mass is 267 g/mol. The van der Waals surface area contributed by atoms with E-state index in [4.69, 9.17) is 9.15 Å². The number of unbranched alkanes of at least 4 members (excludes halogenated alkanes) is 3. The largest absolute Gasteiger partial charge is 0.464 e. The maximum atomic E-state index is 11.6. The van der Waals surface area contributed by atoms with Crippen molar-refractivity contribution in [2.75, 3.05) is 6.61 Å². The highest BCUT2D eigenvalue weighted by Gasteiger charge is 2.18. The number of furan rings is 1. The average Bonchev–Trinajstić information content (AvgIpc) is 2.92. The molecule has 5 nitrogen and oxygen atoms in total. The molecule has 0 aliphatic rings. The number of rotatable bonds is 8. The third kappa shape index (κ3) is 5.59. The summed E-state index contributed by atoms with van der Waals surface area (Å²) >= 11 is 0. The van der Waals surface area contributed by atoms with E-state index in [1.54, 1.807) is 13.0 Å². The van der Waals surface area contributed by atoms with Crippen LogP contribution in [-0.2, 0) is 9.53 Å². The number of hydrogen-bond acceptors (Lipinski definition) is 4. The molecule has 0 radical (unpaired) electrons. The van der Waals surface area contributed by atoms with Gasteiger partial charge >= 0.3 is 5.97 Å². The number of amides is 1. The van der Waals surface area contributed by atoms with E-state index in [0.29, 0.717) is 6.61 Å². The molecule has 0 aliphatic carbocycles. The molecule has 1 heterocycles. The van der Waals surface area contributed by atoms with Crippen LogP contribution in [0.3, 0.4) is 0 Å². The summed E-state index contributed by atoms with van der Waals surface area (Å²) in [5.41, 5.74) is 0. The molecule has 106 valence electrons.